The van der Waals surface area contributed by atoms with Gasteiger partial charge in [0.1, 0.15) is 5.75 Å². The summed E-state index contributed by atoms with van der Waals surface area (Å²) in [6.07, 6.45) is 0.137. The monoisotopic (exact) mass is 277 g/mol. The first-order chi connectivity index (χ1) is 9.04. The third kappa shape index (κ3) is 3.86. The molecule has 0 fully saturated rings. The number of nitrogens with two attached hydrogens (primary N) is 1. The molecule has 2 N–H and O–H groups in total. The van der Waals surface area contributed by atoms with Gasteiger partial charge in [0, 0.05) is 35.9 Å². The fraction of sp³-hybridized carbons (Fsp3) is 0.357. The second-order valence-corrected chi connectivity index (χ2v) is 5.48. The van der Waals surface area contributed by atoms with Gasteiger partial charge in [0.15, 0.2) is 0 Å². The molecule has 5 heteroatoms. The van der Waals surface area contributed by atoms with Crippen LogP contribution in [0.2, 0.25) is 0 Å². The number of nitrogens with zero attached hydrogens (tertiary/aromatic N) is 2. The predicted octanol–water partition coefficient (Wildman–Crippen LogP) is 3.15. The zero-order valence-corrected chi connectivity index (χ0v) is 12.3. The molecule has 0 aliphatic carbocycles. The minimum atomic E-state index is 0.137. The van der Waals surface area contributed by atoms with Gasteiger partial charge in [0.05, 0.1) is 23.9 Å². The fourth-order valence-corrected chi connectivity index (χ4v) is 2.37. The summed E-state index contributed by atoms with van der Waals surface area (Å²) in [7, 11) is 2.02. The van der Waals surface area contributed by atoms with E-state index in [1.54, 1.807) is 11.3 Å². The van der Waals surface area contributed by atoms with E-state index in [9.17, 15) is 0 Å². The molecule has 0 aliphatic heterocycles. The molecule has 0 amide bonds. The van der Waals surface area contributed by atoms with Gasteiger partial charge in [-0.2, -0.15) is 0 Å². The van der Waals surface area contributed by atoms with Crippen LogP contribution in [0.3, 0.4) is 0 Å². The molecule has 4 nitrogen and oxygen atoms in total. The van der Waals surface area contributed by atoms with Crippen LogP contribution in [-0.4, -0.2) is 18.1 Å². The lowest BCUT2D eigenvalue weighted by Gasteiger charge is -2.20. The van der Waals surface area contributed by atoms with Gasteiger partial charge in [-0.25, -0.2) is 4.98 Å². The van der Waals surface area contributed by atoms with E-state index >= 15 is 0 Å². The van der Waals surface area contributed by atoms with Gasteiger partial charge < -0.3 is 15.4 Å². The van der Waals surface area contributed by atoms with Crippen LogP contribution in [0.5, 0.6) is 5.75 Å². The smallest absolute Gasteiger partial charge is 0.123 e. The minimum Gasteiger partial charge on any atom is -0.491 e. The third-order valence-corrected chi connectivity index (χ3v) is 3.24. The van der Waals surface area contributed by atoms with Gasteiger partial charge in [0.2, 0.25) is 0 Å². The Labute approximate surface area is 117 Å². The Morgan fingerprint density at radius 1 is 1.37 bits per heavy atom. The van der Waals surface area contributed by atoms with Crippen molar-refractivity contribution < 1.29 is 4.74 Å². The molecule has 1 aromatic heterocycles. The summed E-state index contributed by atoms with van der Waals surface area (Å²) in [5.74, 6) is 0.801. The first-order valence-electron chi connectivity index (χ1n) is 6.20. The quantitative estimate of drug-likeness (QED) is 0.853. The standard InChI is InChI=1S/C14H19N3OS/c1-10(2)18-14-5-11(15)4-13(6-14)17(3)7-12-8-19-9-16-12/h4-6,8-10H,7,15H2,1-3H3. The molecule has 19 heavy (non-hydrogen) atoms. The molecule has 0 bridgehead atoms. The van der Waals surface area contributed by atoms with Crippen molar-refractivity contribution in [2.75, 3.05) is 17.7 Å². The minimum absolute atomic E-state index is 0.137. The molecule has 1 heterocycles. The number of benzene rings is 1. The highest BCUT2D eigenvalue weighted by atomic mass is 32.1. The number of ether oxygens (including phenoxy) is 1. The van der Waals surface area contributed by atoms with Gasteiger partial charge in [-0.3, -0.25) is 0 Å². The second-order valence-electron chi connectivity index (χ2n) is 4.76. The Morgan fingerprint density at radius 3 is 2.79 bits per heavy atom. The van der Waals surface area contributed by atoms with Crippen LogP contribution in [0.25, 0.3) is 0 Å². The Kier molecular flexibility index (Phi) is 4.27. The number of hydrogen-bond donors (Lipinski definition) is 1. The van der Waals surface area contributed by atoms with Crippen LogP contribution in [0.15, 0.2) is 29.1 Å². The van der Waals surface area contributed by atoms with Crippen molar-refractivity contribution in [2.45, 2.75) is 26.5 Å². The van der Waals surface area contributed by atoms with E-state index in [2.05, 4.69) is 9.88 Å². The second kappa shape index (κ2) is 5.93. The maximum Gasteiger partial charge on any atom is 0.123 e. The average Bonchev–Trinajstić information content (AvgIpc) is 2.80. The summed E-state index contributed by atoms with van der Waals surface area (Å²) >= 11 is 1.60. The number of aromatic nitrogens is 1. The van der Waals surface area contributed by atoms with Crippen molar-refractivity contribution in [3.63, 3.8) is 0 Å². The molecule has 2 rings (SSSR count). The summed E-state index contributed by atoms with van der Waals surface area (Å²) in [4.78, 5) is 6.40. The molecular weight excluding hydrogens is 258 g/mol. The SMILES string of the molecule is CC(C)Oc1cc(N)cc(N(C)Cc2cscn2)c1. The summed E-state index contributed by atoms with van der Waals surface area (Å²) in [5, 5.41) is 2.05. The molecule has 102 valence electrons. The number of hydrogen-bond acceptors (Lipinski definition) is 5. The zero-order chi connectivity index (χ0) is 13.8. The molecule has 0 spiro atoms. The van der Waals surface area contributed by atoms with E-state index in [0.29, 0.717) is 5.69 Å². The summed E-state index contributed by atoms with van der Waals surface area (Å²) < 4.78 is 5.70. The van der Waals surface area contributed by atoms with Crippen molar-refractivity contribution in [3.8, 4) is 5.75 Å². The maximum absolute atomic E-state index is 5.93. The lowest BCUT2D eigenvalue weighted by Crippen LogP contribution is -2.17. The van der Waals surface area contributed by atoms with Gasteiger partial charge in [-0.1, -0.05) is 0 Å². The van der Waals surface area contributed by atoms with Gasteiger partial charge in [0.25, 0.3) is 0 Å². The number of rotatable bonds is 5. The third-order valence-electron chi connectivity index (χ3n) is 2.61. The molecule has 0 unspecified atom stereocenters. The van der Waals surface area contributed by atoms with Crippen molar-refractivity contribution in [2.24, 2.45) is 0 Å². The molecule has 2 aromatic rings. The van der Waals surface area contributed by atoms with Crippen molar-refractivity contribution in [3.05, 3.63) is 34.8 Å². The maximum atomic E-state index is 5.93. The fourth-order valence-electron chi connectivity index (χ4n) is 1.82. The highest BCUT2D eigenvalue weighted by Crippen LogP contribution is 2.26. The zero-order valence-electron chi connectivity index (χ0n) is 11.5. The molecule has 0 saturated carbocycles. The molecule has 0 radical (unpaired) electrons. The van der Waals surface area contributed by atoms with Crippen LogP contribution in [-0.2, 0) is 6.54 Å². The highest BCUT2D eigenvalue weighted by molar-refractivity contribution is 7.07. The molecular formula is C14H19N3OS. The lowest BCUT2D eigenvalue weighted by molar-refractivity contribution is 0.242. The van der Waals surface area contributed by atoms with Gasteiger partial charge in [-0.05, 0) is 19.9 Å². The first kappa shape index (κ1) is 13.7. The van der Waals surface area contributed by atoms with Crippen LogP contribution >= 0.6 is 11.3 Å². The van der Waals surface area contributed by atoms with Gasteiger partial charge >= 0.3 is 0 Å². The normalized spacial score (nSPS) is 10.7. The predicted molar refractivity (Wildman–Crippen MR) is 80.8 cm³/mol. The number of anilines is 2. The van der Waals surface area contributed by atoms with E-state index in [0.717, 1.165) is 23.7 Å². The van der Waals surface area contributed by atoms with Crippen LogP contribution in [0, 0.1) is 0 Å². The molecule has 0 saturated heterocycles. The van der Waals surface area contributed by atoms with E-state index in [4.69, 9.17) is 10.5 Å². The van der Waals surface area contributed by atoms with Crippen LogP contribution in [0.1, 0.15) is 19.5 Å². The number of nitrogen functional groups attached to an aromatic ring is 1. The van der Waals surface area contributed by atoms with Crippen molar-refractivity contribution in [1.82, 2.24) is 4.98 Å². The van der Waals surface area contributed by atoms with Crippen LogP contribution < -0.4 is 15.4 Å². The molecule has 1 aromatic carbocycles. The van der Waals surface area contributed by atoms with E-state index in [-0.39, 0.29) is 6.10 Å². The Bertz CT molecular complexity index is 525. The largest absolute Gasteiger partial charge is 0.491 e. The average molecular weight is 277 g/mol. The summed E-state index contributed by atoms with van der Waals surface area (Å²) in [6, 6.07) is 5.79. The summed E-state index contributed by atoms with van der Waals surface area (Å²) in [6.45, 7) is 4.76. The van der Waals surface area contributed by atoms with E-state index < -0.39 is 0 Å². The topological polar surface area (TPSA) is 51.4 Å². The Hall–Kier alpha value is -1.75. The number of thiazole rings is 1. The van der Waals surface area contributed by atoms with Crippen LogP contribution in [0.4, 0.5) is 11.4 Å². The van der Waals surface area contributed by atoms with E-state index in [1.807, 2.05) is 50.0 Å². The van der Waals surface area contributed by atoms with Crippen molar-refractivity contribution in [1.29, 1.82) is 0 Å². The molecule has 0 aliphatic rings. The lowest BCUT2D eigenvalue weighted by atomic mass is 10.2. The van der Waals surface area contributed by atoms with Crippen molar-refractivity contribution >= 4 is 22.7 Å². The summed E-state index contributed by atoms with van der Waals surface area (Å²) in [5.41, 5.74) is 10.6. The first-order valence-corrected chi connectivity index (χ1v) is 7.14. The Morgan fingerprint density at radius 2 is 2.16 bits per heavy atom. The highest BCUT2D eigenvalue weighted by Gasteiger charge is 2.07. The Balaban J connectivity index is 2.16. The molecule has 0 atom stereocenters. The van der Waals surface area contributed by atoms with Gasteiger partial charge in [-0.15, -0.1) is 11.3 Å². The van der Waals surface area contributed by atoms with E-state index in [1.165, 1.54) is 0 Å².